The Kier molecular flexibility index (Phi) is 3.80. The number of aromatic amines is 1. The van der Waals surface area contributed by atoms with Gasteiger partial charge in [-0.15, -0.1) is 0 Å². The lowest BCUT2D eigenvalue weighted by Gasteiger charge is -2.19. The largest absolute Gasteiger partial charge is 0.456 e. The van der Waals surface area contributed by atoms with Crippen molar-refractivity contribution >= 4 is 5.97 Å². The first-order chi connectivity index (χ1) is 11.3. The van der Waals surface area contributed by atoms with E-state index in [1.165, 1.54) is 17.2 Å². The van der Waals surface area contributed by atoms with Crippen molar-refractivity contribution in [2.24, 2.45) is 0 Å². The van der Waals surface area contributed by atoms with Crippen molar-refractivity contribution in [2.75, 3.05) is 0 Å². The summed E-state index contributed by atoms with van der Waals surface area (Å²) in [4.78, 5) is 32.5. The first-order valence-electron chi connectivity index (χ1n) is 7.34. The van der Waals surface area contributed by atoms with E-state index in [1.807, 2.05) is 0 Å². The number of ether oxygens (including phenoxy) is 1. The molecule has 0 amide bonds. The highest BCUT2D eigenvalue weighted by Crippen LogP contribution is 2.12. The summed E-state index contributed by atoms with van der Waals surface area (Å²) >= 11 is 0. The molecule has 0 aliphatic rings. The molecule has 0 aliphatic carbocycles. The van der Waals surface area contributed by atoms with Crippen LogP contribution in [0.4, 0.5) is 0 Å². The number of pyridine rings is 1. The van der Waals surface area contributed by atoms with Crippen LogP contribution in [0.25, 0.3) is 11.5 Å². The van der Waals surface area contributed by atoms with Crippen LogP contribution in [0.2, 0.25) is 0 Å². The molecule has 124 valence electrons. The number of hydrogen-bond acceptors (Lipinski definition) is 5. The number of hydrogen-bond donors (Lipinski definition) is 1. The van der Waals surface area contributed by atoms with Gasteiger partial charge >= 0.3 is 5.97 Å². The average Bonchev–Trinajstić information content (AvgIpc) is 3.15. The van der Waals surface area contributed by atoms with Gasteiger partial charge in [-0.3, -0.25) is 14.5 Å². The minimum Gasteiger partial charge on any atom is -0.456 e. The Labute approximate surface area is 137 Å². The fraction of sp³-hybridized carbons (Fsp3) is 0.250. The quantitative estimate of drug-likeness (QED) is 0.739. The third-order valence-corrected chi connectivity index (χ3v) is 3.15. The number of esters is 1. The van der Waals surface area contributed by atoms with Crippen molar-refractivity contribution in [3.63, 3.8) is 0 Å². The highest BCUT2D eigenvalue weighted by Gasteiger charge is 2.18. The summed E-state index contributed by atoms with van der Waals surface area (Å²) in [5, 5.41) is 2.84. The topological polar surface area (TPSA) is 94.8 Å². The molecule has 0 aliphatic heterocycles. The SMILES string of the molecule is CC(C)(C)OC(=O)c1ccc(-n2[nH]cc(-n3ccnc3)c2=O)nc1. The van der Waals surface area contributed by atoms with E-state index >= 15 is 0 Å². The summed E-state index contributed by atoms with van der Waals surface area (Å²) in [6.45, 7) is 5.38. The molecular weight excluding hydrogens is 310 g/mol. The molecule has 0 atom stereocenters. The van der Waals surface area contributed by atoms with Crippen LogP contribution >= 0.6 is 0 Å². The van der Waals surface area contributed by atoms with Crippen molar-refractivity contribution in [1.29, 1.82) is 0 Å². The normalized spacial score (nSPS) is 11.5. The van der Waals surface area contributed by atoms with Gasteiger partial charge in [0.15, 0.2) is 5.82 Å². The van der Waals surface area contributed by atoms with E-state index < -0.39 is 11.6 Å². The molecule has 24 heavy (non-hydrogen) atoms. The number of aromatic nitrogens is 5. The maximum absolute atomic E-state index is 12.4. The molecule has 1 N–H and O–H groups in total. The fourth-order valence-electron chi connectivity index (χ4n) is 2.09. The summed E-state index contributed by atoms with van der Waals surface area (Å²) in [5.74, 6) is -0.0850. The second kappa shape index (κ2) is 5.80. The first kappa shape index (κ1) is 15.7. The Morgan fingerprint density at radius 2 is 2.08 bits per heavy atom. The average molecular weight is 327 g/mol. The van der Waals surface area contributed by atoms with Crippen LogP contribution < -0.4 is 5.56 Å². The van der Waals surface area contributed by atoms with Crippen molar-refractivity contribution in [1.82, 2.24) is 24.3 Å². The molecule has 3 aromatic heterocycles. The zero-order valence-corrected chi connectivity index (χ0v) is 13.6. The van der Waals surface area contributed by atoms with Crippen molar-refractivity contribution in [3.8, 4) is 11.5 Å². The van der Waals surface area contributed by atoms with E-state index in [4.69, 9.17) is 4.74 Å². The lowest BCUT2D eigenvalue weighted by Crippen LogP contribution is -2.24. The predicted molar refractivity (Wildman–Crippen MR) is 86.5 cm³/mol. The van der Waals surface area contributed by atoms with Gasteiger partial charge in [0.25, 0.3) is 5.56 Å². The minimum absolute atomic E-state index is 0.273. The molecule has 0 aromatic carbocycles. The molecule has 3 rings (SSSR count). The van der Waals surface area contributed by atoms with Crippen LogP contribution in [0.3, 0.4) is 0 Å². The van der Waals surface area contributed by atoms with Gasteiger partial charge < -0.3 is 4.74 Å². The van der Waals surface area contributed by atoms with Crippen molar-refractivity contribution in [3.05, 3.63) is 59.2 Å². The smallest absolute Gasteiger partial charge is 0.340 e. The van der Waals surface area contributed by atoms with Gasteiger partial charge in [-0.2, -0.15) is 4.68 Å². The molecule has 0 spiro atoms. The molecule has 0 saturated carbocycles. The molecule has 3 aromatic rings. The standard InChI is InChI=1S/C16H17N5O3/c1-16(2,3)24-15(23)11-4-5-13(18-8-11)21-14(22)12(9-19-21)20-7-6-17-10-20/h4-10,19H,1-3H3. The van der Waals surface area contributed by atoms with E-state index in [-0.39, 0.29) is 5.56 Å². The maximum atomic E-state index is 12.4. The molecule has 0 bridgehead atoms. The summed E-state index contributed by atoms with van der Waals surface area (Å²) in [7, 11) is 0. The lowest BCUT2D eigenvalue weighted by molar-refractivity contribution is 0.00691. The first-order valence-corrected chi connectivity index (χ1v) is 7.34. The van der Waals surface area contributed by atoms with Gasteiger partial charge in [-0.1, -0.05) is 0 Å². The van der Waals surface area contributed by atoms with Crippen LogP contribution in [0, 0.1) is 0 Å². The Morgan fingerprint density at radius 3 is 2.67 bits per heavy atom. The van der Waals surface area contributed by atoms with Crippen LogP contribution in [-0.2, 0) is 4.74 Å². The fourth-order valence-corrected chi connectivity index (χ4v) is 2.09. The monoisotopic (exact) mass is 327 g/mol. The van der Waals surface area contributed by atoms with Crippen LogP contribution in [0.5, 0.6) is 0 Å². The second-order valence-electron chi connectivity index (χ2n) is 6.18. The zero-order valence-electron chi connectivity index (χ0n) is 13.6. The molecule has 8 nitrogen and oxygen atoms in total. The van der Waals surface area contributed by atoms with Gasteiger partial charge in [0, 0.05) is 24.8 Å². The van der Waals surface area contributed by atoms with Gasteiger partial charge in [0.05, 0.1) is 11.9 Å². The molecule has 0 unspecified atom stereocenters. The number of imidazole rings is 1. The number of nitrogens with zero attached hydrogens (tertiary/aromatic N) is 4. The van der Waals surface area contributed by atoms with Crippen LogP contribution in [0.1, 0.15) is 31.1 Å². The second-order valence-corrected chi connectivity index (χ2v) is 6.18. The van der Waals surface area contributed by atoms with E-state index in [0.29, 0.717) is 17.1 Å². The Balaban J connectivity index is 1.87. The number of carbonyl (C=O) groups excluding carboxylic acids is 1. The highest BCUT2D eigenvalue weighted by molar-refractivity contribution is 5.89. The molecule has 0 radical (unpaired) electrons. The number of rotatable bonds is 3. The predicted octanol–water partition coefficient (Wildman–Crippen LogP) is 1.70. The summed E-state index contributed by atoms with van der Waals surface area (Å²) in [6.07, 6.45) is 7.74. The van der Waals surface area contributed by atoms with Crippen LogP contribution in [0.15, 0.2) is 48.0 Å². The van der Waals surface area contributed by atoms with E-state index in [1.54, 1.807) is 56.1 Å². The van der Waals surface area contributed by atoms with Gasteiger partial charge in [0.1, 0.15) is 11.3 Å². The van der Waals surface area contributed by atoms with Crippen molar-refractivity contribution < 1.29 is 9.53 Å². The van der Waals surface area contributed by atoms with E-state index in [0.717, 1.165) is 0 Å². The van der Waals surface area contributed by atoms with E-state index in [9.17, 15) is 9.59 Å². The molecular formula is C16H17N5O3. The summed E-state index contributed by atoms with van der Waals surface area (Å²) in [5.41, 5.74) is -0.106. The Bertz CT molecular complexity index is 899. The molecule has 0 saturated heterocycles. The molecule has 3 heterocycles. The zero-order chi connectivity index (χ0) is 17.3. The van der Waals surface area contributed by atoms with Crippen molar-refractivity contribution in [2.45, 2.75) is 26.4 Å². The summed E-state index contributed by atoms with van der Waals surface area (Å²) in [6, 6.07) is 3.15. The number of carbonyl (C=O) groups is 1. The Morgan fingerprint density at radius 1 is 1.29 bits per heavy atom. The number of nitrogens with one attached hydrogen (secondary N) is 1. The molecule has 8 heteroatoms. The van der Waals surface area contributed by atoms with Crippen LogP contribution in [-0.4, -0.2) is 35.9 Å². The number of H-pyrrole nitrogens is 1. The van der Waals surface area contributed by atoms with Gasteiger partial charge in [-0.05, 0) is 32.9 Å². The third kappa shape index (κ3) is 3.12. The van der Waals surface area contributed by atoms with Gasteiger partial charge in [-0.25, -0.2) is 14.8 Å². The Hall–Kier alpha value is -3.16. The third-order valence-electron chi connectivity index (χ3n) is 3.15. The van der Waals surface area contributed by atoms with Gasteiger partial charge in [0.2, 0.25) is 0 Å². The van der Waals surface area contributed by atoms with E-state index in [2.05, 4.69) is 15.1 Å². The maximum Gasteiger partial charge on any atom is 0.340 e. The highest BCUT2D eigenvalue weighted by atomic mass is 16.6. The molecule has 0 fully saturated rings. The minimum atomic E-state index is -0.578. The lowest BCUT2D eigenvalue weighted by atomic mass is 10.2. The summed E-state index contributed by atoms with van der Waals surface area (Å²) < 4.78 is 8.17.